The van der Waals surface area contributed by atoms with Crippen LogP contribution in [0.2, 0.25) is 10.0 Å². The standard InChI is InChI=1S/C17H20Cl2N4OS/c1-20-17(22-7-6-13-3-2-10-25-13)23-9-8-21-16(24)12-4-5-14(18)15(19)11-12/h2-5,10-11H,6-9H2,1H3,(H,21,24)(H2,20,22,23). The summed E-state index contributed by atoms with van der Waals surface area (Å²) in [6.07, 6.45) is 0.951. The van der Waals surface area contributed by atoms with Gasteiger partial charge in [0.05, 0.1) is 10.0 Å². The quantitative estimate of drug-likeness (QED) is 0.381. The molecule has 134 valence electrons. The molecular weight excluding hydrogens is 379 g/mol. The van der Waals surface area contributed by atoms with Crippen LogP contribution in [0.5, 0.6) is 0 Å². The van der Waals surface area contributed by atoms with Crippen molar-refractivity contribution in [3.8, 4) is 0 Å². The van der Waals surface area contributed by atoms with Gasteiger partial charge >= 0.3 is 0 Å². The fourth-order valence-electron chi connectivity index (χ4n) is 2.08. The van der Waals surface area contributed by atoms with Crippen molar-refractivity contribution in [2.75, 3.05) is 26.7 Å². The molecule has 1 amide bonds. The number of halogens is 2. The van der Waals surface area contributed by atoms with Gasteiger partial charge in [-0.15, -0.1) is 11.3 Å². The fraction of sp³-hybridized carbons (Fsp3) is 0.294. The van der Waals surface area contributed by atoms with Crippen LogP contribution in [0.1, 0.15) is 15.2 Å². The first-order chi connectivity index (χ1) is 12.1. The number of rotatable bonds is 7. The number of aliphatic imine (C=N–C) groups is 1. The summed E-state index contributed by atoms with van der Waals surface area (Å²) in [7, 11) is 1.72. The number of thiophene rings is 1. The first kappa shape index (κ1) is 19.6. The Labute approximate surface area is 161 Å². The molecule has 2 aromatic rings. The first-order valence-corrected chi connectivity index (χ1v) is 9.44. The van der Waals surface area contributed by atoms with Crippen molar-refractivity contribution in [1.82, 2.24) is 16.0 Å². The molecule has 1 aromatic heterocycles. The molecule has 0 aliphatic heterocycles. The SMILES string of the molecule is CN=C(NCCNC(=O)c1ccc(Cl)c(Cl)c1)NCCc1cccs1. The first-order valence-electron chi connectivity index (χ1n) is 7.80. The summed E-state index contributed by atoms with van der Waals surface area (Å²) >= 11 is 13.5. The van der Waals surface area contributed by atoms with E-state index in [-0.39, 0.29) is 5.91 Å². The highest BCUT2D eigenvalue weighted by molar-refractivity contribution is 7.09. The number of hydrogen-bond donors (Lipinski definition) is 3. The Hall–Kier alpha value is -1.76. The van der Waals surface area contributed by atoms with E-state index < -0.39 is 0 Å². The van der Waals surface area contributed by atoms with E-state index in [0.29, 0.717) is 34.7 Å². The molecule has 8 heteroatoms. The van der Waals surface area contributed by atoms with Crippen molar-refractivity contribution in [3.63, 3.8) is 0 Å². The molecule has 1 aromatic carbocycles. The molecule has 0 radical (unpaired) electrons. The van der Waals surface area contributed by atoms with Crippen molar-refractivity contribution >= 4 is 46.4 Å². The van der Waals surface area contributed by atoms with Gasteiger partial charge in [0.15, 0.2) is 5.96 Å². The number of benzene rings is 1. The normalized spacial score (nSPS) is 11.2. The van der Waals surface area contributed by atoms with Gasteiger partial charge < -0.3 is 16.0 Å². The largest absolute Gasteiger partial charge is 0.356 e. The maximum Gasteiger partial charge on any atom is 0.251 e. The fourth-order valence-corrected chi connectivity index (χ4v) is 3.08. The van der Waals surface area contributed by atoms with Gasteiger partial charge in [-0.25, -0.2) is 0 Å². The number of hydrogen-bond acceptors (Lipinski definition) is 3. The lowest BCUT2D eigenvalue weighted by molar-refractivity contribution is 0.0954. The lowest BCUT2D eigenvalue weighted by Crippen LogP contribution is -2.42. The molecule has 5 nitrogen and oxygen atoms in total. The van der Waals surface area contributed by atoms with Gasteiger partial charge in [-0.3, -0.25) is 9.79 Å². The number of nitrogens with zero attached hydrogens (tertiary/aromatic N) is 1. The third-order valence-electron chi connectivity index (χ3n) is 3.35. The number of carbonyl (C=O) groups excluding carboxylic acids is 1. The van der Waals surface area contributed by atoms with Gasteiger partial charge in [0.1, 0.15) is 0 Å². The van der Waals surface area contributed by atoms with E-state index in [2.05, 4.69) is 32.4 Å². The van der Waals surface area contributed by atoms with Crippen LogP contribution in [0.25, 0.3) is 0 Å². The van der Waals surface area contributed by atoms with E-state index in [0.717, 1.165) is 13.0 Å². The number of guanidine groups is 1. The minimum atomic E-state index is -0.194. The number of amides is 1. The molecule has 0 fully saturated rings. The zero-order valence-electron chi connectivity index (χ0n) is 13.8. The summed E-state index contributed by atoms with van der Waals surface area (Å²) in [6, 6.07) is 8.96. The topological polar surface area (TPSA) is 65.5 Å². The Morgan fingerprint density at radius 3 is 2.52 bits per heavy atom. The van der Waals surface area contributed by atoms with E-state index in [1.54, 1.807) is 36.6 Å². The van der Waals surface area contributed by atoms with Crippen LogP contribution in [-0.2, 0) is 6.42 Å². The summed E-state index contributed by atoms with van der Waals surface area (Å²) in [6.45, 7) is 1.83. The van der Waals surface area contributed by atoms with Gasteiger partial charge in [-0.05, 0) is 36.1 Å². The molecule has 0 spiro atoms. The Morgan fingerprint density at radius 2 is 1.84 bits per heavy atom. The van der Waals surface area contributed by atoms with E-state index in [1.165, 1.54) is 4.88 Å². The molecule has 0 atom stereocenters. The molecule has 2 rings (SSSR count). The highest BCUT2D eigenvalue weighted by Gasteiger charge is 2.07. The van der Waals surface area contributed by atoms with E-state index in [9.17, 15) is 4.79 Å². The second kappa shape index (κ2) is 10.3. The lowest BCUT2D eigenvalue weighted by Gasteiger charge is -2.12. The van der Waals surface area contributed by atoms with Crippen LogP contribution in [0.4, 0.5) is 0 Å². The Balaban J connectivity index is 1.66. The molecule has 1 heterocycles. The predicted molar refractivity (Wildman–Crippen MR) is 106 cm³/mol. The summed E-state index contributed by atoms with van der Waals surface area (Å²) in [4.78, 5) is 17.5. The average molecular weight is 399 g/mol. The molecule has 0 aliphatic carbocycles. The minimum Gasteiger partial charge on any atom is -0.356 e. The summed E-state index contributed by atoms with van der Waals surface area (Å²) < 4.78 is 0. The Morgan fingerprint density at radius 1 is 1.08 bits per heavy atom. The zero-order chi connectivity index (χ0) is 18.1. The summed E-state index contributed by atoms with van der Waals surface area (Å²) in [5.41, 5.74) is 0.479. The van der Waals surface area contributed by atoms with Gasteiger partial charge in [0.25, 0.3) is 5.91 Å². The Kier molecular flexibility index (Phi) is 8.04. The maximum atomic E-state index is 12.0. The van der Waals surface area contributed by atoms with E-state index in [1.807, 2.05) is 6.07 Å². The third-order valence-corrected chi connectivity index (χ3v) is 5.03. The van der Waals surface area contributed by atoms with Crippen LogP contribution in [0.15, 0.2) is 40.7 Å². The van der Waals surface area contributed by atoms with Crippen molar-refractivity contribution < 1.29 is 4.79 Å². The van der Waals surface area contributed by atoms with Crippen LogP contribution in [0.3, 0.4) is 0 Å². The average Bonchev–Trinajstić information content (AvgIpc) is 3.12. The highest BCUT2D eigenvalue weighted by atomic mass is 35.5. The number of nitrogens with one attached hydrogen (secondary N) is 3. The second-order valence-electron chi connectivity index (χ2n) is 5.14. The highest BCUT2D eigenvalue weighted by Crippen LogP contribution is 2.22. The summed E-state index contributed by atoms with van der Waals surface area (Å²) in [5.74, 6) is 0.515. The van der Waals surface area contributed by atoms with E-state index in [4.69, 9.17) is 23.2 Å². The van der Waals surface area contributed by atoms with Gasteiger partial charge in [0.2, 0.25) is 0 Å². The monoisotopic (exact) mass is 398 g/mol. The Bertz CT molecular complexity index is 719. The number of carbonyl (C=O) groups is 1. The van der Waals surface area contributed by atoms with Gasteiger partial charge in [-0.2, -0.15) is 0 Å². The van der Waals surface area contributed by atoms with Gasteiger partial charge in [0, 0.05) is 37.1 Å². The molecule has 3 N–H and O–H groups in total. The zero-order valence-corrected chi connectivity index (χ0v) is 16.1. The molecular formula is C17H20Cl2N4OS. The van der Waals surface area contributed by atoms with Crippen LogP contribution in [0, 0.1) is 0 Å². The van der Waals surface area contributed by atoms with Crippen LogP contribution >= 0.6 is 34.5 Å². The predicted octanol–water partition coefficient (Wildman–Crippen LogP) is 3.19. The minimum absolute atomic E-state index is 0.194. The van der Waals surface area contributed by atoms with Crippen LogP contribution in [-0.4, -0.2) is 38.5 Å². The van der Waals surface area contributed by atoms with E-state index >= 15 is 0 Å². The van der Waals surface area contributed by atoms with Gasteiger partial charge in [-0.1, -0.05) is 29.3 Å². The molecule has 0 saturated carbocycles. The lowest BCUT2D eigenvalue weighted by atomic mass is 10.2. The van der Waals surface area contributed by atoms with Crippen molar-refractivity contribution in [2.45, 2.75) is 6.42 Å². The molecule has 0 unspecified atom stereocenters. The molecule has 0 bridgehead atoms. The smallest absolute Gasteiger partial charge is 0.251 e. The molecule has 25 heavy (non-hydrogen) atoms. The third kappa shape index (κ3) is 6.57. The van der Waals surface area contributed by atoms with Crippen molar-refractivity contribution in [1.29, 1.82) is 0 Å². The maximum absolute atomic E-state index is 12.0. The molecule has 0 saturated heterocycles. The van der Waals surface area contributed by atoms with Crippen molar-refractivity contribution in [2.24, 2.45) is 4.99 Å². The van der Waals surface area contributed by atoms with Crippen LogP contribution < -0.4 is 16.0 Å². The second-order valence-corrected chi connectivity index (χ2v) is 6.99. The molecule has 0 aliphatic rings. The summed E-state index contributed by atoms with van der Waals surface area (Å²) in [5, 5.41) is 12.1. The van der Waals surface area contributed by atoms with Crippen molar-refractivity contribution in [3.05, 3.63) is 56.2 Å².